The number of rotatable bonds is 8. The minimum Gasteiger partial charge on any atom is -0.503 e. The van der Waals surface area contributed by atoms with Gasteiger partial charge in [-0.05, 0) is 55.3 Å². The van der Waals surface area contributed by atoms with Crippen molar-refractivity contribution in [2.24, 2.45) is 4.99 Å². The second kappa shape index (κ2) is 12.2. The lowest BCUT2D eigenvalue weighted by atomic mass is 9.95. The van der Waals surface area contributed by atoms with Crippen LogP contribution in [0.3, 0.4) is 0 Å². The Morgan fingerprint density at radius 1 is 1.25 bits per heavy atom. The average molecular weight is 648 g/mol. The highest BCUT2D eigenvalue weighted by Gasteiger charge is 2.34. The van der Waals surface area contributed by atoms with E-state index in [2.05, 4.69) is 26.8 Å². The molecule has 0 saturated carbocycles. The van der Waals surface area contributed by atoms with Crippen molar-refractivity contribution in [3.8, 4) is 35.3 Å². The number of phenolic OH excluding ortho intramolecular Hbond substituents is 1. The minimum atomic E-state index is -0.943. The summed E-state index contributed by atoms with van der Waals surface area (Å²) in [5.41, 5.74) is 1.23. The Labute approximate surface area is 247 Å². The summed E-state index contributed by atoms with van der Waals surface area (Å²) in [7, 11) is 2.88. The molecule has 3 aromatic rings. The first-order valence-electron chi connectivity index (χ1n) is 11.8. The molecule has 0 unspecified atom stereocenters. The third-order valence-electron chi connectivity index (χ3n) is 5.98. The van der Waals surface area contributed by atoms with Gasteiger partial charge in [-0.2, -0.15) is 0 Å². The maximum atomic E-state index is 13.9. The van der Waals surface area contributed by atoms with E-state index in [-0.39, 0.29) is 35.3 Å². The SMILES string of the molecule is C#CCOc1cc(Br)c(/C=c2\sc3n(c2=O)[C@@H](c2cc(Cl)c(O)c(OC)c2)C(C(=O)OCC)=C(C)N=3)cc1OC. The molecule has 1 aliphatic rings. The number of phenols is 1. The number of ether oxygens (including phenoxy) is 4. The molecule has 1 N–H and O–H groups in total. The predicted octanol–water partition coefficient (Wildman–Crippen LogP) is 3.95. The number of fused-ring (bicyclic) bond motifs is 1. The van der Waals surface area contributed by atoms with Gasteiger partial charge < -0.3 is 24.1 Å². The number of carbonyl (C=O) groups is 1. The van der Waals surface area contributed by atoms with Gasteiger partial charge in [0.15, 0.2) is 27.8 Å². The Morgan fingerprint density at radius 2 is 1.98 bits per heavy atom. The van der Waals surface area contributed by atoms with Gasteiger partial charge in [-0.3, -0.25) is 9.36 Å². The zero-order valence-corrected chi connectivity index (χ0v) is 25.1. The van der Waals surface area contributed by atoms with Crippen molar-refractivity contribution in [1.29, 1.82) is 0 Å². The lowest BCUT2D eigenvalue weighted by Crippen LogP contribution is -2.40. The van der Waals surface area contributed by atoms with Gasteiger partial charge in [0.1, 0.15) is 6.61 Å². The summed E-state index contributed by atoms with van der Waals surface area (Å²) in [6, 6.07) is 5.48. The lowest BCUT2D eigenvalue weighted by Gasteiger charge is -2.25. The fourth-order valence-corrected chi connectivity index (χ4v) is 5.90. The smallest absolute Gasteiger partial charge is 0.338 e. The quantitative estimate of drug-likeness (QED) is 0.292. The maximum Gasteiger partial charge on any atom is 0.338 e. The zero-order chi connectivity index (χ0) is 29.1. The molecule has 208 valence electrons. The van der Waals surface area contributed by atoms with Crippen LogP contribution in [0.2, 0.25) is 5.02 Å². The summed E-state index contributed by atoms with van der Waals surface area (Å²) in [6.07, 6.45) is 6.99. The molecule has 0 saturated heterocycles. The van der Waals surface area contributed by atoms with Crippen LogP contribution in [0, 0.1) is 12.3 Å². The van der Waals surface area contributed by atoms with Crippen LogP contribution in [0.5, 0.6) is 23.0 Å². The Balaban J connectivity index is 1.96. The molecule has 0 fully saturated rings. The molecule has 1 aromatic heterocycles. The summed E-state index contributed by atoms with van der Waals surface area (Å²) in [5, 5.41) is 10.3. The molecular formula is C28H24BrClN2O7S. The third kappa shape index (κ3) is 5.47. The van der Waals surface area contributed by atoms with Gasteiger partial charge in [0, 0.05) is 4.47 Å². The Bertz CT molecular complexity index is 1750. The molecule has 4 rings (SSSR count). The number of hydrogen-bond donors (Lipinski definition) is 1. The zero-order valence-electron chi connectivity index (χ0n) is 21.9. The second-order valence-corrected chi connectivity index (χ2v) is 10.6. The van der Waals surface area contributed by atoms with Gasteiger partial charge in [0.05, 0.1) is 47.7 Å². The minimum absolute atomic E-state index is 0.00231. The first-order valence-corrected chi connectivity index (χ1v) is 13.8. The number of hydrogen-bond acceptors (Lipinski definition) is 9. The fraction of sp³-hybridized carbons (Fsp3) is 0.250. The van der Waals surface area contributed by atoms with E-state index in [0.717, 1.165) is 11.3 Å². The van der Waals surface area contributed by atoms with E-state index < -0.39 is 17.6 Å². The number of nitrogens with zero attached hydrogens (tertiary/aromatic N) is 2. The number of allylic oxidation sites excluding steroid dienone is 1. The summed E-state index contributed by atoms with van der Waals surface area (Å²) >= 11 is 11.0. The molecule has 2 aromatic carbocycles. The molecule has 0 radical (unpaired) electrons. The monoisotopic (exact) mass is 646 g/mol. The van der Waals surface area contributed by atoms with E-state index in [4.69, 9.17) is 37.0 Å². The highest BCUT2D eigenvalue weighted by atomic mass is 79.9. The first-order chi connectivity index (χ1) is 19.1. The summed E-state index contributed by atoms with van der Waals surface area (Å²) in [4.78, 5) is 32.0. The number of terminal acetylenes is 1. The molecule has 0 bridgehead atoms. The fourth-order valence-electron chi connectivity index (χ4n) is 4.21. The molecular weight excluding hydrogens is 624 g/mol. The number of methoxy groups -OCH3 is 2. The van der Waals surface area contributed by atoms with E-state index >= 15 is 0 Å². The Kier molecular flexibility index (Phi) is 8.93. The normalized spacial score (nSPS) is 14.7. The number of aromatic hydroxyl groups is 1. The maximum absolute atomic E-state index is 13.9. The van der Waals surface area contributed by atoms with Crippen molar-refractivity contribution in [3.63, 3.8) is 0 Å². The van der Waals surface area contributed by atoms with Gasteiger partial charge in [0.2, 0.25) is 0 Å². The number of halogens is 2. The number of thiazole rings is 1. The van der Waals surface area contributed by atoms with E-state index in [1.807, 2.05) is 0 Å². The van der Waals surface area contributed by atoms with E-state index in [0.29, 0.717) is 42.1 Å². The molecule has 2 heterocycles. The van der Waals surface area contributed by atoms with Crippen molar-refractivity contribution in [1.82, 2.24) is 4.57 Å². The van der Waals surface area contributed by atoms with Gasteiger partial charge in [-0.25, -0.2) is 9.79 Å². The van der Waals surface area contributed by atoms with E-state index in [9.17, 15) is 14.7 Å². The van der Waals surface area contributed by atoms with Crippen molar-refractivity contribution in [2.45, 2.75) is 19.9 Å². The molecule has 40 heavy (non-hydrogen) atoms. The number of benzene rings is 2. The first kappa shape index (κ1) is 29.3. The lowest BCUT2D eigenvalue weighted by molar-refractivity contribution is -0.139. The molecule has 0 spiro atoms. The molecule has 1 aliphatic heterocycles. The van der Waals surface area contributed by atoms with Crippen LogP contribution >= 0.6 is 38.9 Å². The van der Waals surface area contributed by atoms with Gasteiger partial charge in [-0.1, -0.05) is 44.8 Å². The summed E-state index contributed by atoms with van der Waals surface area (Å²) in [6.45, 7) is 3.55. The Hall–Kier alpha value is -3.72. The molecule has 0 aliphatic carbocycles. The highest BCUT2D eigenvalue weighted by molar-refractivity contribution is 9.10. The summed E-state index contributed by atoms with van der Waals surface area (Å²) in [5.74, 6) is 2.49. The number of esters is 1. The van der Waals surface area contributed by atoms with E-state index in [1.54, 1.807) is 32.1 Å². The van der Waals surface area contributed by atoms with Crippen LogP contribution in [0.4, 0.5) is 0 Å². The second-order valence-electron chi connectivity index (χ2n) is 8.37. The molecule has 1 atom stereocenters. The molecule has 0 amide bonds. The topological polar surface area (TPSA) is 109 Å². The van der Waals surface area contributed by atoms with Crippen molar-refractivity contribution in [2.75, 3.05) is 27.4 Å². The van der Waals surface area contributed by atoms with Gasteiger partial charge in [0.25, 0.3) is 5.56 Å². The largest absolute Gasteiger partial charge is 0.503 e. The van der Waals surface area contributed by atoms with Gasteiger partial charge in [-0.15, -0.1) is 6.42 Å². The summed E-state index contributed by atoms with van der Waals surface area (Å²) < 4.78 is 24.0. The third-order valence-corrected chi connectivity index (χ3v) is 7.94. The predicted molar refractivity (Wildman–Crippen MR) is 155 cm³/mol. The Morgan fingerprint density at radius 3 is 2.62 bits per heavy atom. The molecule has 12 heteroatoms. The van der Waals surface area contributed by atoms with Crippen LogP contribution in [-0.2, 0) is 9.53 Å². The van der Waals surface area contributed by atoms with Crippen LogP contribution in [0.25, 0.3) is 6.08 Å². The van der Waals surface area contributed by atoms with Crippen molar-refractivity contribution < 1.29 is 28.8 Å². The number of aromatic nitrogens is 1. The van der Waals surface area contributed by atoms with Crippen LogP contribution in [-0.4, -0.2) is 43.1 Å². The standard InChI is InChI=1S/C28H24BrClN2O7S/c1-6-8-39-20-13-17(29)15(10-19(20)36-4)12-22-26(34)32-24(16-9-18(30)25(33)21(11-16)37-5)23(27(35)38-7-2)14(3)31-28(32)40-22/h1,9-13,24,33H,7-8H2,2-5H3/b22-12-/t24-/m0/s1. The van der Waals surface area contributed by atoms with Gasteiger partial charge >= 0.3 is 5.97 Å². The number of carbonyl (C=O) groups excluding carboxylic acids is 1. The molecule has 9 nitrogen and oxygen atoms in total. The van der Waals surface area contributed by atoms with E-state index in [1.165, 1.54) is 30.9 Å². The highest BCUT2D eigenvalue weighted by Crippen LogP contribution is 2.40. The van der Waals surface area contributed by atoms with Crippen molar-refractivity contribution in [3.05, 3.63) is 75.8 Å². The average Bonchev–Trinajstić information content (AvgIpc) is 3.23. The van der Waals surface area contributed by atoms with Crippen molar-refractivity contribution >= 4 is 50.9 Å². The van der Waals surface area contributed by atoms with Crippen LogP contribution in [0.15, 0.2) is 49.8 Å². The van der Waals surface area contributed by atoms with Crippen LogP contribution < -0.4 is 29.1 Å². The van der Waals surface area contributed by atoms with Crippen LogP contribution in [0.1, 0.15) is 31.0 Å².